The van der Waals surface area contributed by atoms with Crippen LogP contribution in [-0.4, -0.2) is 98.0 Å². The van der Waals surface area contributed by atoms with E-state index in [-0.39, 0.29) is 48.2 Å². The van der Waals surface area contributed by atoms with Crippen molar-refractivity contribution in [1.82, 2.24) is 30.5 Å². The van der Waals surface area contributed by atoms with Crippen molar-refractivity contribution >= 4 is 39.6 Å². The van der Waals surface area contributed by atoms with Gasteiger partial charge in [-0.15, -0.1) is 6.58 Å². The maximum Gasteiger partial charge on any atom is 0.315 e. The van der Waals surface area contributed by atoms with E-state index in [1.807, 2.05) is 48.5 Å². The first-order valence-electron chi connectivity index (χ1n) is 17.9. The van der Waals surface area contributed by atoms with E-state index in [4.69, 9.17) is 0 Å². The second-order valence-electron chi connectivity index (χ2n) is 15.6. The molecule has 0 bridgehead atoms. The van der Waals surface area contributed by atoms with Crippen LogP contribution >= 0.6 is 0 Å². The number of benzene rings is 1. The maximum atomic E-state index is 14.4. The Labute approximate surface area is 303 Å². The first kappa shape index (κ1) is 41.6. The van der Waals surface area contributed by atoms with Gasteiger partial charge in [-0.3, -0.25) is 19.2 Å². The number of nitrogens with zero attached hydrogens (tertiary/aromatic N) is 2. The second-order valence-corrected chi connectivity index (χ2v) is 17.7. The van der Waals surface area contributed by atoms with Gasteiger partial charge in [0.1, 0.15) is 12.1 Å². The number of rotatable bonds is 17. The number of Topliss-reactive ketones (excluding diaryl/α,β-unsaturated/α-hetero) is 1. The largest absolute Gasteiger partial charge is 0.346 e. The third kappa shape index (κ3) is 11.1. The highest BCUT2D eigenvalue weighted by Crippen LogP contribution is 2.35. The molecule has 3 rings (SSSR count). The molecule has 1 aromatic rings. The van der Waals surface area contributed by atoms with Crippen LogP contribution in [-0.2, 0) is 29.2 Å². The van der Waals surface area contributed by atoms with Gasteiger partial charge >= 0.3 is 6.03 Å². The fourth-order valence-electron chi connectivity index (χ4n) is 6.41. The molecule has 284 valence electrons. The van der Waals surface area contributed by atoms with Gasteiger partial charge in [-0.25, -0.2) is 13.2 Å². The number of nitrogens with one attached hydrogen (secondary N) is 4. The Kier molecular flexibility index (Phi) is 14.4. The summed E-state index contributed by atoms with van der Waals surface area (Å²) in [5, 5.41) is 11.0. The van der Waals surface area contributed by atoms with E-state index >= 15 is 0 Å². The van der Waals surface area contributed by atoms with Crippen LogP contribution in [0.25, 0.3) is 0 Å². The van der Waals surface area contributed by atoms with Crippen LogP contribution in [0, 0.1) is 29.1 Å². The van der Waals surface area contributed by atoms with Gasteiger partial charge in [0.25, 0.3) is 5.91 Å². The van der Waals surface area contributed by atoms with Gasteiger partial charge in [-0.05, 0) is 54.1 Å². The summed E-state index contributed by atoms with van der Waals surface area (Å²) >= 11 is 0. The van der Waals surface area contributed by atoms with Crippen LogP contribution in [0.2, 0.25) is 0 Å². The minimum Gasteiger partial charge on any atom is -0.346 e. The zero-order valence-electron chi connectivity index (χ0n) is 31.4. The summed E-state index contributed by atoms with van der Waals surface area (Å²) < 4.78 is 27.6. The fourth-order valence-corrected chi connectivity index (χ4v) is 7.63. The molecule has 0 spiro atoms. The minimum absolute atomic E-state index is 0.00671. The molecule has 51 heavy (non-hydrogen) atoms. The number of urea groups is 1. The van der Waals surface area contributed by atoms with E-state index in [1.165, 1.54) is 34.5 Å². The lowest BCUT2D eigenvalue weighted by atomic mass is 9.84. The predicted molar refractivity (Wildman–Crippen MR) is 196 cm³/mol. The van der Waals surface area contributed by atoms with Crippen molar-refractivity contribution in [3.8, 4) is 0 Å². The van der Waals surface area contributed by atoms with E-state index in [0.717, 1.165) is 12.8 Å². The Balaban J connectivity index is 1.81. The first-order valence-corrected chi connectivity index (χ1v) is 19.4. The van der Waals surface area contributed by atoms with Gasteiger partial charge in [-0.1, -0.05) is 85.6 Å². The molecule has 5 amide bonds. The summed E-state index contributed by atoms with van der Waals surface area (Å²) in [6.07, 6.45) is 4.17. The lowest BCUT2D eigenvalue weighted by molar-refractivity contribution is -0.144. The van der Waals surface area contributed by atoms with Crippen molar-refractivity contribution in [3.63, 3.8) is 0 Å². The van der Waals surface area contributed by atoms with Crippen LogP contribution < -0.4 is 21.3 Å². The Bertz CT molecular complexity index is 1520. The maximum absolute atomic E-state index is 14.4. The molecule has 14 heteroatoms. The Hall–Kier alpha value is -3.78. The van der Waals surface area contributed by atoms with Crippen molar-refractivity contribution in [2.45, 2.75) is 103 Å². The summed E-state index contributed by atoms with van der Waals surface area (Å²) in [4.78, 5) is 69.4. The number of likely N-dealkylation sites (N-methyl/N-ethyl adjacent to an activating group) is 1. The molecule has 1 aliphatic carbocycles. The Morgan fingerprint density at radius 1 is 0.980 bits per heavy atom. The van der Waals surface area contributed by atoms with Gasteiger partial charge in [0.2, 0.25) is 27.6 Å². The van der Waals surface area contributed by atoms with Crippen molar-refractivity contribution < 1.29 is 32.4 Å². The number of hydrogen-bond acceptors (Lipinski definition) is 7. The van der Waals surface area contributed by atoms with Crippen molar-refractivity contribution in [1.29, 1.82) is 0 Å². The van der Waals surface area contributed by atoms with Crippen molar-refractivity contribution in [2.24, 2.45) is 29.1 Å². The summed E-state index contributed by atoms with van der Waals surface area (Å²) in [6.45, 7) is 17.1. The zero-order chi connectivity index (χ0) is 38.3. The van der Waals surface area contributed by atoms with Gasteiger partial charge < -0.3 is 26.2 Å². The molecule has 4 N–H and O–H groups in total. The summed E-state index contributed by atoms with van der Waals surface area (Å²) in [7, 11) is -2.35. The molecule has 13 nitrogen and oxygen atoms in total. The standard InChI is InChI=1S/C37H58N6O7S/c1-10-19-38-34(46)31(44)28(21-25-16-17-25)39-33(45)30-27(23(2)3)18-20-43(30)35(47)32(37(6,7)8)41-36(48)40-29(24(4)5)22-42(9)51(49,50)26-14-12-11-13-15-26/h10-15,23-25,27-30,32H,1,16-22H2,2-9H3,(H,38,46)(H,39,45)(H2,40,41,48)/t27-,28?,29-,30+,32-/m1/s1. The zero-order valence-corrected chi connectivity index (χ0v) is 32.2. The topological polar surface area (TPSA) is 174 Å². The Morgan fingerprint density at radius 2 is 1.61 bits per heavy atom. The van der Waals surface area contributed by atoms with Crippen LogP contribution in [0.4, 0.5) is 4.79 Å². The number of amides is 5. The summed E-state index contributed by atoms with van der Waals surface area (Å²) in [5.41, 5.74) is -0.778. The van der Waals surface area contributed by atoms with E-state index in [2.05, 4.69) is 27.8 Å². The molecule has 1 heterocycles. The third-order valence-corrected chi connectivity index (χ3v) is 11.6. The van der Waals surface area contributed by atoms with E-state index in [0.29, 0.717) is 12.8 Å². The lowest BCUT2D eigenvalue weighted by Crippen LogP contribution is -2.62. The molecule has 1 saturated carbocycles. The summed E-state index contributed by atoms with van der Waals surface area (Å²) in [5.74, 6) is -2.61. The average molecular weight is 731 g/mol. The number of sulfonamides is 1. The van der Waals surface area contributed by atoms with Crippen LogP contribution in [0.3, 0.4) is 0 Å². The number of ketones is 1. The highest BCUT2D eigenvalue weighted by Gasteiger charge is 2.48. The van der Waals surface area contributed by atoms with Crippen molar-refractivity contribution in [2.75, 3.05) is 26.7 Å². The second kappa shape index (κ2) is 17.6. The molecular formula is C37H58N6O7S. The number of likely N-dealkylation sites (tertiary alicyclic amines) is 1. The van der Waals surface area contributed by atoms with Gasteiger partial charge in [-0.2, -0.15) is 4.31 Å². The number of carbonyl (C=O) groups is 5. The fraction of sp³-hybridized carbons (Fsp3) is 0.649. The molecular weight excluding hydrogens is 673 g/mol. The molecule has 1 unspecified atom stereocenters. The van der Waals surface area contributed by atoms with Crippen LogP contribution in [0.5, 0.6) is 0 Å². The average Bonchev–Trinajstić information content (AvgIpc) is 3.77. The predicted octanol–water partition coefficient (Wildman–Crippen LogP) is 3.07. The van der Waals surface area contributed by atoms with Crippen molar-refractivity contribution in [3.05, 3.63) is 43.0 Å². The third-order valence-electron chi connectivity index (χ3n) is 9.80. The first-order chi connectivity index (χ1) is 23.8. The van der Waals surface area contributed by atoms with Gasteiger partial charge in [0, 0.05) is 32.7 Å². The monoisotopic (exact) mass is 730 g/mol. The normalized spacial score (nSPS) is 19.7. The van der Waals surface area contributed by atoms with Gasteiger partial charge in [0.15, 0.2) is 0 Å². The Morgan fingerprint density at radius 3 is 2.14 bits per heavy atom. The molecule has 1 aromatic carbocycles. The highest BCUT2D eigenvalue weighted by atomic mass is 32.2. The highest BCUT2D eigenvalue weighted by molar-refractivity contribution is 7.89. The SMILES string of the molecule is C=CCNC(=O)C(=O)C(CC1CC1)NC(=O)[C@@H]1[C@@H](C(C)C)CCN1C(=O)[C@@H](NC(=O)N[C@H](CN(C)S(=O)(=O)c1ccccc1)C(C)C)C(C)(C)C. The molecule has 2 aliphatic rings. The van der Waals surface area contributed by atoms with Crippen LogP contribution in [0.1, 0.15) is 74.1 Å². The molecule has 0 radical (unpaired) electrons. The van der Waals surface area contributed by atoms with E-state index in [9.17, 15) is 32.4 Å². The number of carbonyl (C=O) groups excluding carboxylic acids is 5. The minimum atomic E-state index is -3.81. The molecule has 1 aliphatic heterocycles. The molecule has 1 saturated heterocycles. The van der Waals surface area contributed by atoms with E-state index in [1.54, 1.807) is 18.2 Å². The quantitative estimate of drug-likeness (QED) is 0.141. The summed E-state index contributed by atoms with van der Waals surface area (Å²) in [6, 6.07) is 3.80. The van der Waals surface area contributed by atoms with E-state index < -0.39 is 69.1 Å². The molecule has 0 aromatic heterocycles. The molecule has 5 atom stereocenters. The molecule has 2 fully saturated rings. The van der Waals surface area contributed by atoms with Gasteiger partial charge in [0.05, 0.1) is 10.9 Å². The number of hydrogen-bond donors (Lipinski definition) is 4. The van der Waals surface area contributed by atoms with Crippen LogP contribution in [0.15, 0.2) is 47.9 Å². The lowest BCUT2D eigenvalue weighted by Gasteiger charge is -2.37. The smallest absolute Gasteiger partial charge is 0.315 e.